The van der Waals surface area contributed by atoms with Gasteiger partial charge in [0, 0.05) is 11.9 Å². The molecule has 1 saturated heterocycles. The Balaban J connectivity index is 1.45. The molecule has 1 unspecified atom stereocenters. The van der Waals surface area contributed by atoms with E-state index in [1.54, 1.807) is 0 Å². The summed E-state index contributed by atoms with van der Waals surface area (Å²) in [5, 5.41) is 7.92. The SMILES string of the molecule is Cc1ccc(OCc2nc(C3CCCCN3C(=O)c3ccsc3)no2)cc1. The molecule has 1 aliphatic heterocycles. The Morgan fingerprint density at radius 1 is 1.30 bits per heavy atom. The molecule has 0 aliphatic carbocycles. The predicted octanol–water partition coefficient (Wildman–Crippen LogP) is 4.39. The molecule has 3 aromatic rings. The van der Waals surface area contributed by atoms with Crippen LogP contribution in [0.5, 0.6) is 5.75 Å². The van der Waals surface area contributed by atoms with E-state index in [9.17, 15) is 4.79 Å². The molecule has 0 saturated carbocycles. The number of hydrogen-bond donors (Lipinski definition) is 0. The molecule has 1 amide bonds. The van der Waals surface area contributed by atoms with Gasteiger partial charge in [-0.1, -0.05) is 22.9 Å². The summed E-state index contributed by atoms with van der Waals surface area (Å²) >= 11 is 1.52. The van der Waals surface area contributed by atoms with Gasteiger partial charge in [-0.05, 0) is 49.8 Å². The third kappa shape index (κ3) is 4.03. The molecule has 27 heavy (non-hydrogen) atoms. The summed E-state index contributed by atoms with van der Waals surface area (Å²) in [6.45, 7) is 2.95. The number of rotatable bonds is 5. The third-order valence-corrected chi connectivity index (χ3v) is 5.38. The van der Waals surface area contributed by atoms with Crippen molar-refractivity contribution >= 4 is 17.2 Å². The van der Waals surface area contributed by atoms with Gasteiger partial charge in [0.05, 0.1) is 11.6 Å². The van der Waals surface area contributed by atoms with Gasteiger partial charge in [-0.15, -0.1) is 0 Å². The van der Waals surface area contributed by atoms with Crippen LogP contribution in [-0.2, 0) is 6.61 Å². The molecule has 140 valence electrons. The first kappa shape index (κ1) is 17.7. The molecule has 1 fully saturated rings. The van der Waals surface area contributed by atoms with Gasteiger partial charge in [-0.25, -0.2) is 0 Å². The summed E-state index contributed by atoms with van der Waals surface area (Å²) in [5.41, 5.74) is 1.90. The van der Waals surface area contributed by atoms with Gasteiger partial charge in [-0.2, -0.15) is 16.3 Å². The summed E-state index contributed by atoms with van der Waals surface area (Å²) in [7, 11) is 0. The zero-order chi connectivity index (χ0) is 18.6. The predicted molar refractivity (Wildman–Crippen MR) is 102 cm³/mol. The minimum Gasteiger partial charge on any atom is -0.484 e. The summed E-state index contributed by atoms with van der Waals surface area (Å²) < 4.78 is 11.1. The van der Waals surface area contributed by atoms with E-state index >= 15 is 0 Å². The Morgan fingerprint density at radius 3 is 2.93 bits per heavy atom. The Bertz CT molecular complexity index is 890. The lowest BCUT2D eigenvalue weighted by atomic mass is 10.0. The van der Waals surface area contributed by atoms with Crippen LogP contribution in [0, 0.1) is 6.92 Å². The Kier molecular flexibility index (Phi) is 5.20. The number of hydrogen-bond acceptors (Lipinski definition) is 6. The number of aromatic nitrogens is 2. The minimum absolute atomic E-state index is 0.0307. The highest BCUT2D eigenvalue weighted by Gasteiger charge is 2.32. The molecule has 1 aromatic carbocycles. The van der Waals surface area contributed by atoms with Crippen LogP contribution in [0.4, 0.5) is 0 Å². The summed E-state index contributed by atoms with van der Waals surface area (Å²) in [4.78, 5) is 19.2. The lowest BCUT2D eigenvalue weighted by molar-refractivity contribution is 0.0597. The fraction of sp³-hybridized carbons (Fsp3) is 0.350. The topological polar surface area (TPSA) is 68.5 Å². The van der Waals surface area contributed by atoms with Crippen molar-refractivity contribution in [3.63, 3.8) is 0 Å². The van der Waals surface area contributed by atoms with Crippen molar-refractivity contribution < 1.29 is 14.1 Å². The van der Waals surface area contributed by atoms with Crippen molar-refractivity contribution in [1.29, 1.82) is 0 Å². The van der Waals surface area contributed by atoms with E-state index in [0.717, 1.165) is 30.6 Å². The molecule has 0 N–H and O–H groups in total. The minimum atomic E-state index is -0.150. The average Bonchev–Trinajstić information content (AvgIpc) is 3.39. The van der Waals surface area contributed by atoms with E-state index in [2.05, 4.69) is 10.1 Å². The van der Waals surface area contributed by atoms with Crippen molar-refractivity contribution in [3.05, 3.63) is 63.9 Å². The highest BCUT2D eigenvalue weighted by atomic mass is 32.1. The van der Waals surface area contributed by atoms with E-state index in [-0.39, 0.29) is 18.6 Å². The van der Waals surface area contributed by atoms with Crippen molar-refractivity contribution in [1.82, 2.24) is 15.0 Å². The number of aryl methyl sites for hydroxylation is 1. The standard InChI is InChI=1S/C20H21N3O3S/c1-14-5-7-16(8-6-14)25-12-18-21-19(22-26-18)17-4-2-3-10-23(17)20(24)15-9-11-27-13-15/h5-9,11,13,17H,2-4,10,12H2,1H3. The van der Waals surface area contributed by atoms with Crippen LogP contribution in [0.15, 0.2) is 45.6 Å². The molecule has 1 atom stereocenters. The van der Waals surface area contributed by atoms with E-state index < -0.39 is 0 Å². The molecule has 0 spiro atoms. The van der Waals surface area contributed by atoms with Gasteiger partial charge in [0.2, 0.25) is 0 Å². The summed E-state index contributed by atoms with van der Waals surface area (Å²) in [6.07, 6.45) is 2.88. The highest BCUT2D eigenvalue weighted by molar-refractivity contribution is 7.08. The number of thiophene rings is 1. The van der Waals surface area contributed by atoms with Gasteiger partial charge in [-0.3, -0.25) is 4.79 Å². The van der Waals surface area contributed by atoms with Crippen LogP contribution >= 0.6 is 11.3 Å². The second-order valence-electron chi connectivity index (χ2n) is 6.67. The first-order chi connectivity index (χ1) is 13.2. The summed E-state index contributed by atoms with van der Waals surface area (Å²) in [6, 6.07) is 9.51. The van der Waals surface area contributed by atoms with Crippen LogP contribution in [0.3, 0.4) is 0 Å². The van der Waals surface area contributed by atoms with Gasteiger partial charge in [0.15, 0.2) is 12.4 Å². The number of carbonyl (C=O) groups is 1. The van der Waals surface area contributed by atoms with E-state index in [1.165, 1.54) is 16.9 Å². The van der Waals surface area contributed by atoms with E-state index in [1.807, 2.05) is 52.9 Å². The fourth-order valence-corrected chi connectivity index (χ4v) is 3.87. The van der Waals surface area contributed by atoms with E-state index in [0.29, 0.717) is 18.3 Å². The maximum absolute atomic E-state index is 12.8. The second kappa shape index (κ2) is 7.92. The highest BCUT2D eigenvalue weighted by Crippen LogP contribution is 2.31. The maximum atomic E-state index is 12.8. The average molecular weight is 383 g/mol. The first-order valence-electron chi connectivity index (χ1n) is 9.06. The van der Waals surface area contributed by atoms with Gasteiger partial charge in [0.25, 0.3) is 11.8 Å². The smallest absolute Gasteiger partial charge is 0.264 e. The van der Waals surface area contributed by atoms with Gasteiger partial charge < -0.3 is 14.2 Å². The molecule has 3 heterocycles. The molecule has 0 radical (unpaired) electrons. The van der Waals surface area contributed by atoms with E-state index in [4.69, 9.17) is 9.26 Å². The number of likely N-dealkylation sites (tertiary alicyclic amines) is 1. The number of carbonyl (C=O) groups excluding carboxylic acids is 1. The lowest BCUT2D eigenvalue weighted by Crippen LogP contribution is -2.38. The molecule has 1 aliphatic rings. The second-order valence-corrected chi connectivity index (χ2v) is 7.45. The Morgan fingerprint density at radius 2 is 2.15 bits per heavy atom. The Labute approximate surface area is 161 Å². The lowest BCUT2D eigenvalue weighted by Gasteiger charge is -2.33. The van der Waals surface area contributed by atoms with Crippen LogP contribution in [0.25, 0.3) is 0 Å². The zero-order valence-electron chi connectivity index (χ0n) is 15.1. The van der Waals surface area contributed by atoms with Crippen LogP contribution < -0.4 is 4.74 Å². The zero-order valence-corrected chi connectivity index (χ0v) is 15.9. The van der Waals surface area contributed by atoms with Crippen LogP contribution in [0.1, 0.15) is 52.9 Å². The molecule has 7 heteroatoms. The molecule has 4 rings (SSSR count). The van der Waals surface area contributed by atoms with Crippen LogP contribution in [-0.4, -0.2) is 27.5 Å². The maximum Gasteiger partial charge on any atom is 0.264 e. The Hall–Kier alpha value is -2.67. The third-order valence-electron chi connectivity index (χ3n) is 4.70. The molecular formula is C20H21N3O3S. The molecule has 2 aromatic heterocycles. The number of benzene rings is 1. The van der Waals surface area contributed by atoms with Gasteiger partial charge >= 0.3 is 0 Å². The largest absolute Gasteiger partial charge is 0.484 e. The number of nitrogens with zero attached hydrogens (tertiary/aromatic N) is 3. The normalized spacial score (nSPS) is 17.1. The van der Waals surface area contributed by atoms with Crippen LogP contribution in [0.2, 0.25) is 0 Å². The fourth-order valence-electron chi connectivity index (χ4n) is 3.24. The molecular weight excluding hydrogens is 362 g/mol. The number of ether oxygens (including phenoxy) is 1. The van der Waals surface area contributed by atoms with Crippen molar-refractivity contribution in [2.45, 2.75) is 38.8 Å². The monoisotopic (exact) mass is 383 g/mol. The molecule has 6 nitrogen and oxygen atoms in total. The summed E-state index contributed by atoms with van der Waals surface area (Å²) in [5.74, 6) is 1.76. The molecule has 0 bridgehead atoms. The number of amides is 1. The quantitative estimate of drug-likeness (QED) is 0.654. The van der Waals surface area contributed by atoms with Crippen molar-refractivity contribution in [3.8, 4) is 5.75 Å². The van der Waals surface area contributed by atoms with Crippen molar-refractivity contribution in [2.24, 2.45) is 0 Å². The first-order valence-corrected chi connectivity index (χ1v) is 10.00. The van der Waals surface area contributed by atoms with Crippen molar-refractivity contribution in [2.75, 3.05) is 6.54 Å². The van der Waals surface area contributed by atoms with Gasteiger partial charge in [0.1, 0.15) is 5.75 Å². The number of piperidine rings is 1.